The van der Waals surface area contributed by atoms with Crippen molar-refractivity contribution in [2.45, 2.75) is 13.0 Å². The van der Waals surface area contributed by atoms with E-state index in [1.807, 2.05) is 73.7 Å². The van der Waals surface area contributed by atoms with Crippen molar-refractivity contribution < 1.29 is 5.11 Å². The molecule has 0 unspecified atom stereocenters. The lowest BCUT2D eigenvalue weighted by molar-refractivity contribution is 0.404. The summed E-state index contributed by atoms with van der Waals surface area (Å²) in [7, 11) is 0. The fourth-order valence-electron chi connectivity index (χ4n) is 3.05. The Morgan fingerprint density at radius 3 is 2.44 bits per heavy atom. The molecule has 134 valence electrons. The van der Waals surface area contributed by atoms with Gasteiger partial charge in [0.15, 0.2) is 3.95 Å². The zero-order valence-electron chi connectivity index (χ0n) is 14.6. The molecule has 27 heavy (non-hydrogen) atoms. The number of aromatic nitrogens is 1. The van der Waals surface area contributed by atoms with Crippen molar-refractivity contribution in [3.63, 3.8) is 0 Å². The van der Waals surface area contributed by atoms with Crippen LogP contribution in [0.25, 0.3) is 6.08 Å². The normalized spacial score (nSPS) is 15.9. The average Bonchev–Trinajstić information content (AvgIpc) is 3.27. The largest absolute Gasteiger partial charge is 0.493 e. The molecular weight excluding hydrogens is 374 g/mol. The zero-order chi connectivity index (χ0) is 18.8. The molecule has 1 atom stereocenters. The van der Waals surface area contributed by atoms with Gasteiger partial charge in [0, 0.05) is 11.1 Å². The van der Waals surface area contributed by atoms with Crippen molar-refractivity contribution >= 4 is 41.6 Å². The first-order chi connectivity index (χ1) is 13.1. The van der Waals surface area contributed by atoms with E-state index in [0.29, 0.717) is 8.83 Å². The van der Waals surface area contributed by atoms with Crippen LogP contribution in [0, 0.1) is 3.95 Å². The molecule has 2 heterocycles. The highest BCUT2D eigenvalue weighted by molar-refractivity contribution is 7.73. The standard InChI is InChI=1S/C21H17N3OS2/c1-14(15-8-4-2-5-9-15)24-20(25)18(27-21(24)26)12-17-13-22-23-19(17)16-10-6-3-7-11-16/h2-14,25H,1H3/b17-12+/t14-/m1/s1. The summed E-state index contributed by atoms with van der Waals surface area (Å²) in [5.41, 5.74) is 3.72. The number of thiazole rings is 1. The number of aromatic hydroxyl groups is 1. The van der Waals surface area contributed by atoms with Crippen LogP contribution in [-0.2, 0) is 0 Å². The molecule has 0 aliphatic carbocycles. The number of rotatable bonds is 4. The SMILES string of the molecule is C[C@H](c1ccccc1)n1c(O)c(/C=C2\C=NN=C2c2ccccc2)sc1=S. The summed E-state index contributed by atoms with van der Waals surface area (Å²) in [4.78, 5) is 0.703. The van der Waals surface area contributed by atoms with Gasteiger partial charge in [-0.05, 0) is 30.8 Å². The summed E-state index contributed by atoms with van der Waals surface area (Å²) in [6.07, 6.45) is 3.60. The third-order valence-electron chi connectivity index (χ3n) is 4.47. The predicted molar refractivity (Wildman–Crippen MR) is 115 cm³/mol. The Hall–Kier alpha value is -2.83. The van der Waals surface area contributed by atoms with Crippen molar-refractivity contribution in [1.29, 1.82) is 0 Å². The summed E-state index contributed by atoms with van der Waals surface area (Å²) in [5, 5.41) is 19.1. The monoisotopic (exact) mass is 391 g/mol. The first-order valence-corrected chi connectivity index (χ1v) is 9.75. The summed E-state index contributed by atoms with van der Waals surface area (Å²) in [6.45, 7) is 2.03. The minimum absolute atomic E-state index is 0.0541. The Morgan fingerprint density at radius 2 is 1.74 bits per heavy atom. The second kappa shape index (κ2) is 7.42. The van der Waals surface area contributed by atoms with Gasteiger partial charge in [0.1, 0.15) is 5.71 Å². The van der Waals surface area contributed by atoms with Gasteiger partial charge in [0.2, 0.25) is 5.88 Å². The van der Waals surface area contributed by atoms with Crippen LogP contribution < -0.4 is 0 Å². The second-order valence-corrected chi connectivity index (χ2v) is 7.85. The van der Waals surface area contributed by atoms with Gasteiger partial charge in [0.05, 0.1) is 17.1 Å². The molecule has 4 rings (SSSR count). The molecule has 6 heteroatoms. The maximum absolute atomic E-state index is 10.8. The Labute approximate surface area is 166 Å². The highest BCUT2D eigenvalue weighted by atomic mass is 32.1. The van der Waals surface area contributed by atoms with Gasteiger partial charge in [0.25, 0.3) is 0 Å². The fourth-order valence-corrected chi connectivity index (χ4v) is 4.47. The van der Waals surface area contributed by atoms with Crippen molar-refractivity contribution in [3.8, 4) is 5.88 Å². The lowest BCUT2D eigenvalue weighted by Gasteiger charge is -2.15. The topological polar surface area (TPSA) is 49.9 Å². The molecular formula is C21H17N3OS2. The van der Waals surface area contributed by atoms with Gasteiger partial charge < -0.3 is 5.11 Å². The molecule has 0 bridgehead atoms. The molecule has 1 N–H and O–H groups in total. The zero-order valence-corrected chi connectivity index (χ0v) is 16.2. The Morgan fingerprint density at radius 1 is 1.07 bits per heavy atom. The minimum Gasteiger partial charge on any atom is -0.493 e. The van der Waals surface area contributed by atoms with Gasteiger partial charge in [-0.3, -0.25) is 4.57 Å². The molecule has 0 radical (unpaired) electrons. The third kappa shape index (κ3) is 3.41. The van der Waals surface area contributed by atoms with E-state index in [2.05, 4.69) is 10.2 Å². The van der Waals surface area contributed by atoms with Crippen LogP contribution in [-0.4, -0.2) is 21.6 Å². The quantitative estimate of drug-likeness (QED) is 0.600. The van der Waals surface area contributed by atoms with Crippen LogP contribution in [0.1, 0.15) is 29.0 Å². The summed E-state index contributed by atoms with van der Waals surface area (Å²) in [6, 6.07) is 19.8. The van der Waals surface area contributed by atoms with E-state index in [-0.39, 0.29) is 11.9 Å². The Kier molecular flexibility index (Phi) is 4.83. The van der Waals surface area contributed by atoms with Gasteiger partial charge in [-0.1, -0.05) is 60.7 Å². The summed E-state index contributed by atoms with van der Waals surface area (Å²) in [5.74, 6) is 0.168. The van der Waals surface area contributed by atoms with E-state index in [1.54, 1.807) is 10.8 Å². The molecule has 1 aliphatic heterocycles. The van der Waals surface area contributed by atoms with E-state index in [0.717, 1.165) is 22.4 Å². The lowest BCUT2D eigenvalue weighted by atomic mass is 10.0. The van der Waals surface area contributed by atoms with Crippen molar-refractivity contribution in [3.05, 3.63) is 86.2 Å². The lowest BCUT2D eigenvalue weighted by Crippen LogP contribution is -2.06. The van der Waals surface area contributed by atoms with Crippen LogP contribution >= 0.6 is 23.6 Å². The highest BCUT2D eigenvalue weighted by Gasteiger charge is 2.19. The average molecular weight is 392 g/mol. The van der Waals surface area contributed by atoms with E-state index >= 15 is 0 Å². The molecule has 0 spiro atoms. The highest BCUT2D eigenvalue weighted by Crippen LogP contribution is 2.34. The molecule has 1 aliphatic rings. The van der Waals surface area contributed by atoms with E-state index in [1.165, 1.54) is 11.3 Å². The van der Waals surface area contributed by atoms with E-state index in [9.17, 15) is 5.11 Å². The molecule has 4 nitrogen and oxygen atoms in total. The van der Waals surface area contributed by atoms with Crippen LogP contribution in [0.5, 0.6) is 5.88 Å². The smallest absolute Gasteiger partial charge is 0.211 e. The maximum Gasteiger partial charge on any atom is 0.211 e. The van der Waals surface area contributed by atoms with Crippen molar-refractivity contribution in [2.24, 2.45) is 10.2 Å². The molecule has 0 amide bonds. The number of nitrogens with zero attached hydrogens (tertiary/aromatic N) is 3. The number of hydrogen-bond acceptors (Lipinski definition) is 5. The molecule has 1 aromatic heterocycles. The van der Waals surface area contributed by atoms with Gasteiger partial charge >= 0.3 is 0 Å². The maximum atomic E-state index is 10.8. The molecule has 0 saturated heterocycles. The molecule has 2 aromatic carbocycles. The molecule has 3 aromatic rings. The first kappa shape index (κ1) is 17.6. The van der Waals surface area contributed by atoms with Crippen molar-refractivity contribution in [1.82, 2.24) is 4.57 Å². The fraction of sp³-hybridized carbons (Fsp3) is 0.0952. The third-order valence-corrected chi connectivity index (χ3v) is 5.81. The summed E-state index contributed by atoms with van der Waals surface area (Å²) >= 11 is 6.91. The van der Waals surface area contributed by atoms with Crippen LogP contribution in [0.2, 0.25) is 0 Å². The first-order valence-electron chi connectivity index (χ1n) is 8.53. The van der Waals surface area contributed by atoms with Gasteiger partial charge in [-0.15, -0.1) is 16.4 Å². The second-order valence-electron chi connectivity index (χ2n) is 6.17. The van der Waals surface area contributed by atoms with Gasteiger partial charge in [-0.2, -0.15) is 5.10 Å². The number of benzene rings is 2. The molecule has 0 fully saturated rings. The predicted octanol–water partition coefficient (Wildman–Crippen LogP) is 5.47. The van der Waals surface area contributed by atoms with Crippen LogP contribution in [0.3, 0.4) is 0 Å². The number of hydrogen-bond donors (Lipinski definition) is 1. The van der Waals surface area contributed by atoms with Gasteiger partial charge in [-0.25, -0.2) is 0 Å². The van der Waals surface area contributed by atoms with Crippen LogP contribution in [0.4, 0.5) is 0 Å². The Balaban J connectivity index is 1.72. The van der Waals surface area contributed by atoms with E-state index in [4.69, 9.17) is 12.2 Å². The minimum atomic E-state index is -0.0541. The number of allylic oxidation sites excluding steroid dienone is 1. The summed E-state index contributed by atoms with van der Waals surface area (Å²) < 4.78 is 2.41. The van der Waals surface area contributed by atoms with E-state index < -0.39 is 0 Å². The molecule has 0 saturated carbocycles. The van der Waals surface area contributed by atoms with Crippen molar-refractivity contribution in [2.75, 3.05) is 0 Å². The Bertz CT molecular complexity index is 1110. The van der Waals surface area contributed by atoms with Crippen LogP contribution in [0.15, 0.2) is 76.4 Å².